The van der Waals surface area contributed by atoms with Gasteiger partial charge in [-0.3, -0.25) is 0 Å². The van der Waals surface area contributed by atoms with E-state index in [4.69, 9.17) is 5.11 Å². The summed E-state index contributed by atoms with van der Waals surface area (Å²) in [5.41, 5.74) is -1.28. The Balaban J connectivity index is 3.26. The Labute approximate surface area is 74.2 Å². The maximum absolute atomic E-state index is 12.0. The molecule has 0 atom stereocenters. The molecule has 0 aromatic carbocycles. The van der Waals surface area contributed by atoms with Gasteiger partial charge in [0.2, 0.25) is 0 Å². The normalized spacial score (nSPS) is 11.7. The summed E-state index contributed by atoms with van der Waals surface area (Å²) in [5.74, 6) is -0.884. The van der Waals surface area contributed by atoms with Crippen molar-refractivity contribution in [1.82, 2.24) is 4.98 Å². The van der Waals surface area contributed by atoms with Gasteiger partial charge in [0.05, 0.1) is 4.47 Å². The molecule has 1 N–H and O–H groups in total. The average Bonchev–Trinajstić information content (AvgIpc) is 1.92. The van der Waals surface area contributed by atoms with Crippen LogP contribution in [0.5, 0.6) is 5.75 Å². The minimum Gasteiger partial charge on any atom is -0.505 e. The Morgan fingerprint density at radius 1 is 1.42 bits per heavy atom. The molecule has 1 heterocycles. The van der Waals surface area contributed by atoms with E-state index in [1.807, 2.05) is 0 Å². The van der Waals surface area contributed by atoms with Gasteiger partial charge in [0, 0.05) is 6.20 Å². The highest BCUT2D eigenvalue weighted by Crippen LogP contribution is 2.37. The number of alkyl halides is 3. The van der Waals surface area contributed by atoms with E-state index in [9.17, 15) is 13.2 Å². The third-order valence-electron chi connectivity index (χ3n) is 1.14. The maximum atomic E-state index is 12.0. The van der Waals surface area contributed by atoms with Crippen LogP contribution in [-0.2, 0) is 6.18 Å². The summed E-state index contributed by atoms with van der Waals surface area (Å²) in [7, 11) is 0. The Morgan fingerprint density at radius 2 is 2.00 bits per heavy atom. The monoisotopic (exact) mass is 241 g/mol. The van der Waals surface area contributed by atoms with Crippen LogP contribution in [0.25, 0.3) is 0 Å². The molecule has 12 heavy (non-hydrogen) atoms. The zero-order chi connectivity index (χ0) is 9.35. The predicted molar refractivity (Wildman–Crippen MR) is 38.6 cm³/mol. The van der Waals surface area contributed by atoms with E-state index in [2.05, 4.69) is 20.9 Å². The van der Waals surface area contributed by atoms with E-state index in [0.29, 0.717) is 0 Å². The Hall–Kier alpha value is -0.780. The molecule has 0 spiro atoms. The highest BCUT2D eigenvalue weighted by molar-refractivity contribution is 9.10. The van der Waals surface area contributed by atoms with E-state index >= 15 is 0 Å². The fourth-order valence-electron chi connectivity index (χ4n) is 0.638. The predicted octanol–water partition coefficient (Wildman–Crippen LogP) is 2.57. The summed E-state index contributed by atoms with van der Waals surface area (Å²) in [6, 6.07) is 1.23. The first-order valence-corrected chi connectivity index (χ1v) is 3.63. The molecule has 0 aliphatic carbocycles. The fourth-order valence-corrected chi connectivity index (χ4v) is 0.944. The minimum atomic E-state index is -4.62. The van der Waals surface area contributed by atoms with Crippen LogP contribution in [0.1, 0.15) is 5.69 Å². The van der Waals surface area contributed by atoms with E-state index in [-0.39, 0.29) is 4.47 Å². The summed E-state index contributed by atoms with van der Waals surface area (Å²) >= 11 is 2.75. The molecule has 0 saturated carbocycles. The number of nitrogens with zero attached hydrogens (tertiary/aromatic N) is 1. The molecule has 0 saturated heterocycles. The highest BCUT2D eigenvalue weighted by Gasteiger charge is 2.36. The smallest absolute Gasteiger partial charge is 0.437 e. The molecule has 0 aliphatic rings. The van der Waals surface area contributed by atoms with Crippen molar-refractivity contribution in [3.8, 4) is 5.75 Å². The van der Waals surface area contributed by atoms with Gasteiger partial charge in [0.15, 0.2) is 11.4 Å². The number of halogens is 4. The second-order valence-corrected chi connectivity index (χ2v) is 2.84. The number of aromatic nitrogens is 1. The highest BCUT2D eigenvalue weighted by atomic mass is 79.9. The van der Waals surface area contributed by atoms with Crippen molar-refractivity contribution in [2.75, 3.05) is 0 Å². The van der Waals surface area contributed by atoms with Crippen molar-refractivity contribution < 1.29 is 18.3 Å². The average molecular weight is 242 g/mol. The SMILES string of the molecule is Oc1c(Br)ccnc1C(F)(F)F. The van der Waals surface area contributed by atoms with E-state index in [1.54, 1.807) is 0 Å². The lowest BCUT2D eigenvalue weighted by molar-refractivity contribution is -0.142. The van der Waals surface area contributed by atoms with Gasteiger partial charge in [-0.1, -0.05) is 0 Å². The lowest BCUT2D eigenvalue weighted by atomic mass is 10.3. The largest absolute Gasteiger partial charge is 0.505 e. The molecule has 66 valence electrons. The van der Waals surface area contributed by atoms with Crippen molar-refractivity contribution in [2.24, 2.45) is 0 Å². The van der Waals surface area contributed by atoms with Gasteiger partial charge in [-0.15, -0.1) is 0 Å². The summed E-state index contributed by atoms with van der Waals surface area (Å²) in [6.07, 6.45) is -3.65. The first-order valence-electron chi connectivity index (χ1n) is 2.83. The number of aromatic hydroxyl groups is 1. The molecule has 0 radical (unpaired) electrons. The van der Waals surface area contributed by atoms with Crippen molar-refractivity contribution in [2.45, 2.75) is 6.18 Å². The van der Waals surface area contributed by atoms with Crippen molar-refractivity contribution in [3.05, 3.63) is 22.4 Å². The first-order chi connectivity index (χ1) is 5.43. The quantitative estimate of drug-likeness (QED) is 0.758. The summed E-state index contributed by atoms with van der Waals surface area (Å²) in [5, 5.41) is 8.90. The van der Waals surface area contributed by atoms with Crippen molar-refractivity contribution in [1.29, 1.82) is 0 Å². The summed E-state index contributed by atoms with van der Waals surface area (Å²) in [6.45, 7) is 0. The summed E-state index contributed by atoms with van der Waals surface area (Å²) < 4.78 is 35.9. The van der Waals surface area contributed by atoms with Gasteiger partial charge in [-0.05, 0) is 22.0 Å². The minimum absolute atomic E-state index is 0.0233. The lowest BCUT2D eigenvalue weighted by Gasteiger charge is -2.07. The molecule has 1 aromatic rings. The van der Waals surface area contributed by atoms with Crippen LogP contribution in [-0.4, -0.2) is 10.1 Å². The van der Waals surface area contributed by atoms with Crippen LogP contribution in [0.15, 0.2) is 16.7 Å². The van der Waals surface area contributed by atoms with Gasteiger partial charge in [-0.2, -0.15) is 13.2 Å². The third kappa shape index (κ3) is 1.69. The van der Waals surface area contributed by atoms with Crippen molar-refractivity contribution >= 4 is 15.9 Å². The molecule has 0 amide bonds. The molecule has 1 aromatic heterocycles. The third-order valence-corrected chi connectivity index (χ3v) is 1.78. The summed E-state index contributed by atoms with van der Waals surface area (Å²) in [4.78, 5) is 3.01. The Kier molecular flexibility index (Phi) is 2.27. The van der Waals surface area contributed by atoms with Crippen LogP contribution in [0.3, 0.4) is 0 Å². The van der Waals surface area contributed by atoms with E-state index < -0.39 is 17.6 Å². The molecule has 2 nitrogen and oxygen atoms in total. The zero-order valence-corrected chi connectivity index (χ0v) is 7.15. The zero-order valence-electron chi connectivity index (χ0n) is 5.56. The standard InChI is InChI=1S/C6H3BrF3NO/c7-3-1-2-11-5(4(3)12)6(8,9)10/h1-2,12H. The van der Waals surface area contributed by atoms with Gasteiger partial charge >= 0.3 is 6.18 Å². The van der Waals surface area contributed by atoms with Crippen LogP contribution in [0.2, 0.25) is 0 Å². The molecular formula is C6H3BrF3NO. The van der Waals surface area contributed by atoms with Crippen molar-refractivity contribution in [3.63, 3.8) is 0 Å². The Bertz CT molecular complexity index is 299. The molecular weight excluding hydrogens is 239 g/mol. The van der Waals surface area contributed by atoms with Crippen LogP contribution < -0.4 is 0 Å². The molecule has 0 aliphatic heterocycles. The number of hydrogen-bond donors (Lipinski definition) is 1. The lowest BCUT2D eigenvalue weighted by Crippen LogP contribution is -2.07. The van der Waals surface area contributed by atoms with E-state index in [1.165, 1.54) is 6.07 Å². The molecule has 1 rings (SSSR count). The second-order valence-electron chi connectivity index (χ2n) is 1.99. The van der Waals surface area contributed by atoms with Gasteiger partial charge in [0.1, 0.15) is 0 Å². The molecule has 6 heteroatoms. The molecule has 0 unspecified atom stereocenters. The van der Waals surface area contributed by atoms with Crippen LogP contribution >= 0.6 is 15.9 Å². The first kappa shape index (κ1) is 9.31. The number of pyridine rings is 1. The van der Waals surface area contributed by atoms with Gasteiger partial charge < -0.3 is 5.11 Å². The fraction of sp³-hybridized carbons (Fsp3) is 0.167. The van der Waals surface area contributed by atoms with Crippen LogP contribution in [0, 0.1) is 0 Å². The second kappa shape index (κ2) is 2.93. The van der Waals surface area contributed by atoms with Crippen LogP contribution in [0.4, 0.5) is 13.2 Å². The van der Waals surface area contributed by atoms with Gasteiger partial charge in [0.25, 0.3) is 0 Å². The maximum Gasteiger partial charge on any atom is 0.437 e. The molecule has 0 bridgehead atoms. The number of rotatable bonds is 0. The number of hydrogen-bond acceptors (Lipinski definition) is 2. The van der Waals surface area contributed by atoms with E-state index in [0.717, 1.165) is 6.20 Å². The van der Waals surface area contributed by atoms with Gasteiger partial charge in [-0.25, -0.2) is 4.98 Å². The topological polar surface area (TPSA) is 33.1 Å². The Morgan fingerprint density at radius 3 is 2.42 bits per heavy atom. The molecule has 0 fully saturated rings.